The molecule has 1 aromatic rings. The number of esters is 1. The molecule has 0 aliphatic carbocycles. The van der Waals surface area contributed by atoms with Gasteiger partial charge in [0.05, 0.1) is 6.61 Å². The van der Waals surface area contributed by atoms with Gasteiger partial charge in [-0.2, -0.15) is 0 Å². The first-order chi connectivity index (χ1) is 7.18. The van der Waals surface area contributed by atoms with Crippen molar-refractivity contribution in [3.05, 3.63) is 42.0 Å². The van der Waals surface area contributed by atoms with Gasteiger partial charge in [-0.1, -0.05) is 49.4 Å². The molecule has 1 rings (SSSR count). The molecule has 0 saturated heterocycles. The zero-order valence-corrected chi connectivity index (χ0v) is 9.14. The van der Waals surface area contributed by atoms with Gasteiger partial charge in [-0.15, -0.1) is 0 Å². The molecule has 2 nitrogen and oxygen atoms in total. The van der Waals surface area contributed by atoms with E-state index in [1.165, 1.54) is 6.92 Å². The summed E-state index contributed by atoms with van der Waals surface area (Å²) in [5.74, 6) is 0.0177. The zero-order chi connectivity index (χ0) is 11.1. The van der Waals surface area contributed by atoms with Crippen molar-refractivity contribution >= 4 is 12.0 Å². The van der Waals surface area contributed by atoms with Crippen LogP contribution >= 0.6 is 0 Å². The molecule has 1 atom stereocenters. The van der Waals surface area contributed by atoms with Crippen molar-refractivity contribution < 1.29 is 9.53 Å². The van der Waals surface area contributed by atoms with Crippen molar-refractivity contribution in [2.75, 3.05) is 6.61 Å². The minimum atomic E-state index is -0.227. The van der Waals surface area contributed by atoms with Gasteiger partial charge in [0.2, 0.25) is 0 Å². The van der Waals surface area contributed by atoms with Gasteiger partial charge in [-0.3, -0.25) is 4.79 Å². The summed E-state index contributed by atoms with van der Waals surface area (Å²) >= 11 is 0. The van der Waals surface area contributed by atoms with Gasteiger partial charge in [-0.25, -0.2) is 0 Å². The highest BCUT2D eigenvalue weighted by Gasteiger charge is 1.99. The molecule has 0 aromatic heterocycles. The molecule has 0 bridgehead atoms. The maximum Gasteiger partial charge on any atom is 0.302 e. The van der Waals surface area contributed by atoms with Gasteiger partial charge >= 0.3 is 5.97 Å². The molecule has 1 unspecified atom stereocenters. The summed E-state index contributed by atoms with van der Waals surface area (Å²) in [4.78, 5) is 10.6. The van der Waals surface area contributed by atoms with E-state index in [2.05, 4.69) is 0 Å². The predicted molar refractivity (Wildman–Crippen MR) is 61.3 cm³/mol. The third-order valence-corrected chi connectivity index (χ3v) is 1.97. The Hall–Kier alpha value is -1.57. The van der Waals surface area contributed by atoms with E-state index in [1.807, 2.05) is 49.4 Å². The molecule has 0 heterocycles. The molecule has 0 aliphatic rings. The lowest BCUT2D eigenvalue weighted by Crippen LogP contribution is -2.06. The van der Waals surface area contributed by atoms with Crippen molar-refractivity contribution in [1.82, 2.24) is 0 Å². The van der Waals surface area contributed by atoms with Crippen LogP contribution in [0, 0.1) is 5.92 Å². The fourth-order valence-electron chi connectivity index (χ4n) is 1.14. The second-order valence-electron chi connectivity index (χ2n) is 3.55. The van der Waals surface area contributed by atoms with Crippen molar-refractivity contribution in [2.45, 2.75) is 13.8 Å². The Morgan fingerprint density at radius 1 is 1.40 bits per heavy atom. The summed E-state index contributed by atoms with van der Waals surface area (Å²) in [6, 6.07) is 10.1. The molecule has 0 fully saturated rings. The maximum atomic E-state index is 10.6. The molecule has 0 spiro atoms. The molecule has 0 N–H and O–H groups in total. The molecule has 2 heteroatoms. The van der Waals surface area contributed by atoms with E-state index in [4.69, 9.17) is 4.74 Å². The van der Waals surface area contributed by atoms with E-state index >= 15 is 0 Å². The van der Waals surface area contributed by atoms with E-state index in [0.29, 0.717) is 6.61 Å². The predicted octanol–water partition coefficient (Wildman–Crippen LogP) is 2.90. The summed E-state index contributed by atoms with van der Waals surface area (Å²) in [5.41, 5.74) is 1.16. The van der Waals surface area contributed by atoms with Crippen LogP contribution in [0.1, 0.15) is 19.4 Å². The molecule has 0 aliphatic heterocycles. The number of ether oxygens (including phenoxy) is 1. The number of hydrogen-bond acceptors (Lipinski definition) is 2. The lowest BCUT2D eigenvalue weighted by molar-refractivity contribution is -0.141. The molecule has 1 aromatic carbocycles. The number of hydrogen-bond donors (Lipinski definition) is 0. The Labute approximate surface area is 90.6 Å². The van der Waals surface area contributed by atoms with E-state index in [-0.39, 0.29) is 11.9 Å². The molecular weight excluding hydrogens is 188 g/mol. The Balaban J connectivity index is 2.41. The third kappa shape index (κ3) is 5.01. The highest BCUT2D eigenvalue weighted by molar-refractivity contribution is 5.65. The van der Waals surface area contributed by atoms with Crippen LogP contribution in [0.2, 0.25) is 0 Å². The Bertz CT molecular complexity index is 328. The first-order valence-corrected chi connectivity index (χ1v) is 5.05. The third-order valence-electron chi connectivity index (χ3n) is 1.97. The fourth-order valence-corrected chi connectivity index (χ4v) is 1.14. The van der Waals surface area contributed by atoms with Gasteiger partial charge in [0, 0.05) is 12.8 Å². The number of carbonyl (C=O) groups is 1. The monoisotopic (exact) mass is 204 g/mol. The Kier molecular flexibility index (Phi) is 4.61. The summed E-state index contributed by atoms with van der Waals surface area (Å²) in [7, 11) is 0. The summed E-state index contributed by atoms with van der Waals surface area (Å²) in [6.07, 6.45) is 4.08. The lowest BCUT2D eigenvalue weighted by atomic mass is 10.1. The standard InChI is InChI=1S/C13H16O2/c1-11(10-15-12(2)14)8-9-13-6-4-3-5-7-13/h3-9,11H,10H2,1-2H3/b9-8-. The second kappa shape index (κ2) is 6.02. The van der Waals surface area contributed by atoms with Gasteiger partial charge < -0.3 is 4.74 Å². The van der Waals surface area contributed by atoms with Crippen LogP contribution in [0.15, 0.2) is 36.4 Å². The van der Waals surface area contributed by atoms with Crippen molar-refractivity contribution in [1.29, 1.82) is 0 Å². The average molecular weight is 204 g/mol. The number of benzene rings is 1. The van der Waals surface area contributed by atoms with Crippen LogP contribution in [-0.2, 0) is 9.53 Å². The highest BCUT2D eigenvalue weighted by atomic mass is 16.5. The Morgan fingerprint density at radius 3 is 2.67 bits per heavy atom. The van der Waals surface area contributed by atoms with Crippen LogP contribution in [-0.4, -0.2) is 12.6 Å². The molecule has 0 amide bonds. The maximum absolute atomic E-state index is 10.6. The molecule has 80 valence electrons. The first kappa shape index (κ1) is 11.5. The van der Waals surface area contributed by atoms with E-state index in [0.717, 1.165) is 5.56 Å². The van der Waals surface area contributed by atoms with E-state index < -0.39 is 0 Å². The quantitative estimate of drug-likeness (QED) is 0.705. The highest BCUT2D eigenvalue weighted by Crippen LogP contribution is 2.05. The molecule has 0 saturated carbocycles. The topological polar surface area (TPSA) is 26.3 Å². The van der Waals surface area contributed by atoms with Crippen molar-refractivity contribution in [2.24, 2.45) is 5.92 Å². The summed E-state index contributed by atoms with van der Waals surface area (Å²) in [6.45, 7) is 3.88. The number of rotatable bonds is 4. The van der Waals surface area contributed by atoms with Gasteiger partial charge in [0.1, 0.15) is 0 Å². The smallest absolute Gasteiger partial charge is 0.302 e. The summed E-state index contributed by atoms with van der Waals surface area (Å²) in [5, 5.41) is 0. The van der Waals surface area contributed by atoms with E-state index in [9.17, 15) is 4.79 Å². The van der Waals surface area contributed by atoms with Crippen LogP contribution in [0.3, 0.4) is 0 Å². The summed E-state index contributed by atoms with van der Waals surface area (Å²) < 4.78 is 4.90. The molecule has 0 radical (unpaired) electrons. The minimum Gasteiger partial charge on any atom is -0.465 e. The fraction of sp³-hybridized carbons (Fsp3) is 0.308. The molecule has 15 heavy (non-hydrogen) atoms. The largest absolute Gasteiger partial charge is 0.465 e. The zero-order valence-electron chi connectivity index (χ0n) is 9.14. The SMILES string of the molecule is CC(=O)OCC(C)/C=C\c1ccccc1. The van der Waals surface area contributed by atoms with Crippen LogP contribution in [0.5, 0.6) is 0 Å². The first-order valence-electron chi connectivity index (χ1n) is 5.05. The lowest BCUT2D eigenvalue weighted by Gasteiger charge is -2.05. The van der Waals surface area contributed by atoms with Gasteiger partial charge in [0.25, 0.3) is 0 Å². The van der Waals surface area contributed by atoms with Gasteiger partial charge in [0.15, 0.2) is 0 Å². The Morgan fingerprint density at radius 2 is 2.07 bits per heavy atom. The van der Waals surface area contributed by atoms with Gasteiger partial charge in [-0.05, 0) is 5.56 Å². The van der Waals surface area contributed by atoms with Crippen molar-refractivity contribution in [3.8, 4) is 0 Å². The average Bonchev–Trinajstić information content (AvgIpc) is 2.25. The second-order valence-corrected chi connectivity index (χ2v) is 3.55. The van der Waals surface area contributed by atoms with Crippen LogP contribution in [0.4, 0.5) is 0 Å². The number of carbonyl (C=O) groups excluding carboxylic acids is 1. The van der Waals surface area contributed by atoms with Crippen LogP contribution < -0.4 is 0 Å². The minimum absolute atomic E-state index is 0.227. The van der Waals surface area contributed by atoms with E-state index in [1.54, 1.807) is 0 Å². The van der Waals surface area contributed by atoms with Crippen LogP contribution in [0.25, 0.3) is 6.08 Å². The molecular formula is C13H16O2. The normalized spacial score (nSPS) is 12.7. The van der Waals surface area contributed by atoms with Crippen molar-refractivity contribution in [3.63, 3.8) is 0 Å².